The molecule has 1 aliphatic carbocycles. The normalized spacial score (nSPS) is 29.7. The highest BCUT2D eigenvalue weighted by molar-refractivity contribution is 5.75. The van der Waals surface area contributed by atoms with Gasteiger partial charge in [0.25, 0.3) is 0 Å². The van der Waals surface area contributed by atoms with Gasteiger partial charge in [0, 0.05) is 32.6 Å². The molecule has 0 aromatic rings. The van der Waals surface area contributed by atoms with Crippen molar-refractivity contribution in [2.24, 2.45) is 17.8 Å². The van der Waals surface area contributed by atoms with E-state index in [1.54, 1.807) is 0 Å². The average Bonchev–Trinajstić information content (AvgIpc) is 3.06. The monoisotopic (exact) mass is 294 g/mol. The first kappa shape index (κ1) is 14.7. The molecular weight excluding hydrogens is 268 g/mol. The number of hydrogen-bond donors (Lipinski definition) is 1. The summed E-state index contributed by atoms with van der Waals surface area (Å²) in [5.74, 6) is 1.27. The molecule has 5 nitrogen and oxygen atoms in total. The third-order valence-electron chi connectivity index (χ3n) is 5.65. The zero-order valence-electron chi connectivity index (χ0n) is 12.7. The third kappa shape index (κ3) is 3.33. The van der Waals surface area contributed by atoms with E-state index in [0.717, 1.165) is 57.3 Å². The van der Waals surface area contributed by atoms with Gasteiger partial charge in [-0.25, -0.2) is 4.79 Å². The summed E-state index contributed by atoms with van der Waals surface area (Å²) < 4.78 is 0. The number of carbonyl (C=O) groups excluding carboxylic acids is 1. The Morgan fingerprint density at radius 3 is 2.14 bits per heavy atom. The second kappa shape index (κ2) is 6.24. The number of urea groups is 1. The summed E-state index contributed by atoms with van der Waals surface area (Å²) in [5, 5.41) is 8.74. The first-order valence-electron chi connectivity index (χ1n) is 8.39. The van der Waals surface area contributed by atoms with Crippen molar-refractivity contribution < 1.29 is 14.7 Å². The molecule has 2 saturated heterocycles. The zero-order valence-corrected chi connectivity index (χ0v) is 12.7. The van der Waals surface area contributed by atoms with Gasteiger partial charge >= 0.3 is 12.0 Å². The maximum Gasteiger partial charge on any atom is 0.320 e. The van der Waals surface area contributed by atoms with Crippen molar-refractivity contribution in [1.82, 2.24) is 9.80 Å². The Kier molecular flexibility index (Phi) is 4.36. The van der Waals surface area contributed by atoms with Crippen molar-refractivity contribution in [2.75, 3.05) is 26.2 Å². The molecule has 3 rings (SSSR count). The quantitative estimate of drug-likeness (QED) is 0.869. The first-order chi connectivity index (χ1) is 10.1. The van der Waals surface area contributed by atoms with Crippen LogP contribution in [0.4, 0.5) is 4.79 Å². The highest BCUT2D eigenvalue weighted by Gasteiger charge is 2.39. The van der Waals surface area contributed by atoms with Crippen LogP contribution in [0.1, 0.15) is 44.9 Å². The zero-order chi connectivity index (χ0) is 14.8. The molecule has 2 aliphatic heterocycles. The van der Waals surface area contributed by atoms with E-state index in [1.165, 1.54) is 19.3 Å². The largest absolute Gasteiger partial charge is 0.481 e. The van der Waals surface area contributed by atoms with Gasteiger partial charge in [-0.05, 0) is 49.9 Å². The van der Waals surface area contributed by atoms with Crippen molar-refractivity contribution >= 4 is 12.0 Å². The lowest BCUT2D eigenvalue weighted by Crippen LogP contribution is -2.46. The molecule has 3 fully saturated rings. The lowest BCUT2D eigenvalue weighted by atomic mass is 9.92. The summed E-state index contributed by atoms with van der Waals surface area (Å²) in [5.41, 5.74) is 0. The standard InChI is InChI=1S/C16H26N2O3/c19-15(20)5-4-12-6-8-17(9-7-12)16(21)18-10-13-2-1-3-14(13)11-18/h12-14H,1-11H2,(H,19,20). The minimum atomic E-state index is -0.711. The molecule has 21 heavy (non-hydrogen) atoms. The average molecular weight is 294 g/mol. The van der Waals surface area contributed by atoms with Crippen LogP contribution >= 0.6 is 0 Å². The number of amides is 2. The molecular formula is C16H26N2O3. The van der Waals surface area contributed by atoms with Gasteiger partial charge in [-0.1, -0.05) is 6.42 Å². The fraction of sp³-hybridized carbons (Fsp3) is 0.875. The lowest BCUT2D eigenvalue weighted by molar-refractivity contribution is -0.137. The summed E-state index contributed by atoms with van der Waals surface area (Å²) in [6.45, 7) is 3.52. The Labute approximate surface area is 126 Å². The first-order valence-corrected chi connectivity index (χ1v) is 8.39. The molecule has 118 valence electrons. The molecule has 2 atom stereocenters. The molecule has 2 unspecified atom stereocenters. The SMILES string of the molecule is O=C(O)CCC1CCN(C(=O)N2CC3CCCC3C2)CC1. The number of carboxylic acids is 1. The highest BCUT2D eigenvalue weighted by Crippen LogP contribution is 2.38. The molecule has 0 spiro atoms. The molecule has 2 heterocycles. The molecule has 0 radical (unpaired) electrons. The van der Waals surface area contributed by atoms with Crippen molar-refractivity contribution in [3.63, 3.8) is 0 Å². The van der Waals surface area contributed by atoms with E-state index >= 15 is 0 Å². The molecule has 2 amide bonds. The lowest BCUT2D eigenvalue weighted by Gasteiger charge is -2.34. The van der Waals surface area contributed by atoms with Crippen LogP contribution in [0, 0.1) is 17.8 Å². The van der Waals surface area contributed by atoms with Gasteiger partial charge in [0.05, 0.1) is 0 Å². The van der Waals surface area contributed by atoms with Gasteiger partial charge < -0.3 is 14.9 Å². The Hall–Kier alpha value is -1.26. The number of piperidine rings is 1. The second-order valence-corrected chi connectivity index (χ2v) is 7.00. The van der Waals surface area contributed by atoms with Crippen LogP contribution in [0.5, 0.6) is 0 Å². The van der Waals surface area contributed by atoms with E-state index in [0.29, 0.717) is 5.92 Å². The Morgan fingerprint density at radius 2 is 1.57 bits per heavy atom. The number of nitrogens with zero attached hydrogens (tertiary/aromatic N) is 2. The van der Waals surface area contributed by atoms with Gasteiger partial charge in [0.15, 0.2) is 0 Å². The Bertz CT molecular complexity index is 392. The fourth-order valence-electron chi connectivity index (χ4n) is 4.33. The Morgan fingerprint density at radius 1 is 0.952 bits per heavy atom. The van der Waals surface area contributed by atoms with Gasteiger partial charge in [-0.15, -0.1) is 0 Å². The topological polar surface area (TPSA) is 60.9 Å². The number of fused-ring (bicyclic) bond motifs is 1. The van der Waals surface area contributed by atoms with Gasteiger partial charge in [-0.3, -0.25) is 4.79 Å². The van der Waals surface area contributed by atoms with Crippen molar-refractivity contribution in [3.05, 3.63) is 0 Å². The van der Waals surface area contributed by atoms with Crippen LogP contribution < -0.4 is 0 Å². The summed E-state index contributed by atoms with van der Waals surface area (Å²) in [4.78, 5) is 27.2. The predicted molar refractivity (Wildman–Crippen MR) is 79.0 cm³/mol. The smallest absolute Gasteiger partial charge is 0.320 e. The number of aliphatic carboxylic acids is 1. The number of rotatable bonds is 3. The van der Waals surface area contributed by atoms with Crippen molar-refractivity contribution in [1.29, 1.82) is 0 Å². The number of carbonyl (C=O) groups is 2. The van der Waals surface area contributed by atoms with Crippen LogP contribution in [0.15, 0.2) is 0 Å². The van der Waals surface area contributed by atoms with Crippen molar-refractivity contribution in [2.45, 2.75) is 44.9 Å². The van der Waals surface area contributed by atoms with Crippen LogP contribution in [0.2, 0.25) is 0 Å². The summed E-state index contributed by atoms with van der Waals surface area (Å²) in [6.07, 6.45) is 6.86. The molecule has 1 saturated carbocycles. The maximum atomic E-state index is 12.6. The van der Waals surface area contributed by atoms with E-state index in [9.17, 15) is 9.59 Å². The molecule has 1 N–H and O–H groups in total. The van der Waals surface area contributed by atoms with E-state index in [4.69, 9.17) is 5.11 Å². The van der Waals surface area contributed by atoms with Crippen LogP contribution in [0.25, 0.3) is 0 Å². The van der Waals surface area contributed by atoms with Gasteiger partial charge in [-0.2, -0.15) is 0 Å². The minimum Gasteiger partial charge on any atom is -0.481 e. The Balaban J connectivity index is 1.44. The van der Waals surface area contributed by atoms with E-state index in [-0.39, 0.29) is 12.5 Å². The second-order valence-electron chi connectivity index (χ2n) is 7.00. The summed E-state index contributed by atoms with van der Waals surface area (Å²) >= 11 is 0. The van der Waals surface area contributed by atoms with E-state index in [2.05, 4.69) is 4.90 Å². The molecule has 0 aromatic carbocycles. The van der Waals surface area contributed by atoms with Crippen molar-refractivity contribution in [3.8, 4) is 0 Å². The molecule has 0 aromatic heterocycles. The molecule has 5 heteroatoms. The van der Waals surface area contributed by atoms with E-state index in [1.807, 2.05) is 4.90 Å². The van der Waals surface area contributed by atoms with Crippen LogP contribution in [-0.4, -0.2) is 53.1 Å². The third-order valence-corrected chi connectivity index (χ3v) is 5.65. The highest BCUT2D eigenvalue weighted by atomic mass is 16.4. The minimum absolute atomic E-state index is 0.223. The summed E-state index contributed by atoms with van der Waals surface area (Å²) in [7, 11) is 0. The van der Waals surface area contributed by atoms with E-state index < -0.39 is 5.97 Å². The van der Waals surface area contributed by atoms with Crippen LogP contribution in [-0.2, 0) is 4.79 Å². The van der Waals surface area contributed by atoms with Crippen LogP contribution in [0.3, 0.4) is 0 Å². The molecule has 0 bridgehead atoms. The fourth-order valence-corrected chi connectivity index (χ4v) is 4.33. The predicted octanol–water partition coefficient (Wildman–Crippen LogP) is 2.42. The summed E-state index contributed by atoms with van der Waals surface area (Å²) in [6, 6.07) is 0.223. The molecule has 3 aliphatic rings. The van der Waals surface area contributed by atoms with Gasteiger partial charge in [0.1, 0.15) is 0 Å². The number of carboxylic acid groups (broad SMARTS) is 1. The maximum absolute atomic E-state index is 12.6. The number of hydrogen-bond acceptors (Lipinski definition) is 2. The number of likely N-dealkylation sites (tertiary alicyclic amines) is 2. The van der Waals surface area contributed by atoms with Gasteiger partial charge in [0.2, 0.25) is 0 Å².